The Morgan fingerprint density at radius 3 is 2.50 bits per heavy atom. The van der Waals surface area contributed by atoms with Crippen molar-refractivity contribution in [1.82, 2.24) is 14.3 Å². The number of halogens is 1. The molecule has 3 aromatic rings. The number of anilines is 2. The number of carbonyl (C=O) groups excluding carboxylic acids is 2. The lowest BCUT2D eigenvalue weighted by Gasteiger charge is -2.30. The van der Waals surface area contributed by atoms with Gasteiger partial charge in [0, 0.05) is 45.8 Å². The lowest BCUT2D eigenvalue weighted by Crippen LogP contribution is -2.37. The van der Waals surface area contributed by atoms with Gasteiger partial charge in [-0.1, -0.05) is 12.1 Å². The predicted molar refractivity (Wildman–Crippen MR) is 131 cm³/mol. The van der Waals surface area contributed by atoms with Crippen LogP contribution in [-0.4, -0.2) is 77.6 Å². The number of hydrogen-bond donors (Lipinski definition) is 1. The van der Waals surface area contributed by atoms with E-state index in [-0.39, 0.29) is 36.0 Å². The Labute approximate surface area is 206 Å². The number of pyridine rings is 1. The van der Waals surface area contributed by atoms with Crippen molar-refractivity contribution in [3.8, 4) is 5.75 Å². The molecule has 2 fully saturated rings. The molecule has 0 radical (unpaired) electrons. The highest BCUT2D eigenvalue weighted by molar-refractivity contribution is 6.00. The van der Waals surface area contributed by atoms with Crippen LogP contribution in [0.2, 0.25) is 0 Å². The number of Topliss-reactive ketones (excluding diaryl/α,β-unsaturated/α-hetero) is 1. The zero-order valence-electron chi connectivity index (χ0n) is 19.8. The van der Waals surface area contributed by atoms with E-state index in [0.717, 1.165) is 5.56 Å². The third kappa shape index (κ3) is 4.37. The molecule has 0 atom stereocenters. The van der Waals surface area contributed by atoms with Gasteiger partial charge in [-0.15, -0.1) is 0 Å². The molecule has 1 N–H and O–H groups in total. The molecule has 2 aliphatic heterocycles. The van der Waals surface area contributed by atoms with Crippen LogP contribution >= 0.6 is 0 Å². The average Bonchev–Trinajstić information content (AvgIpc) is 3.23. The molecule has 1 aromatic carbocycles. The minimum absolute atomic E-state index is 0.0334. The number of carbonyl (C=O) groups is 2. The summed E-state index contributed by atoms with van der Waals surface area (Å²) in [5.41, 5.74) is 0.788. The van der Waals surface area contributed by atoms with Gasteiger partial charge in [-0.25, -0.2) is 14.2 Å². The molecule has 0 spiro atoms. The molecule has 188 valence electrons. The fourth-order valence-electron chi connectivity index (χ4n) is 4.48. The Balaban J connectivity index is 1.57. The first-order valence-corrected chi connectivity index (χ1v) is 11.8. The highest BCUT2D eigenvalue weighted by Gasteiger charge is 2.31. The average molecular weight is 496 g/mol. The summed E-state index contributed by atoms with van der Waals surface area (Å²) in [6.07, 6.45) is 1.82. The normalized spacial score (nSPS) is 16.3. The number of hydrogen-bond acceptors (Lipinski definition) is 7. The minimum atomic E-state index is -0.790. The molecule has 0 aliphatic carbocycles. The van der Waals surface area contributed by atoms with Gasteiger partial charge >= 0.3 is 11.6 Å². The van der Waals surface area contributed by atoms with Crippen LogP contribution in [0.1, 0.15) is 22.5 Å². The highest BCUT2D eigenvalue weighted by atomic mass is 19.1. The Hall–Kier alpha value is -3.99. The summed E-state index contributed by atoms with van der Waals surface area (Å²) >= 11 is 0. The molecule has 36 heavy (non-hydrogen) atoms. The Kier molecular flexibility index (Phi) is 6.31. The second kappa shape index (κ2) is 9.57. The fraction of sp³-hybridized carbons (Fsp3) is 0.360. The molecular formula is C25H26FN5O5. The van der Waals surface area contributed by atoms with Gasteiger partial charge in [0.25, 0.3) is 0 Å². The lowest BCUT2D eigenvalue weighted by atomic mass is 10.1. The maximum absolute atomic E-state index is 13.2. The summed E-state index contributed by atoms with van der Waals surface area (Å²) in [6.45, 7) is 3.15. The van der Waals surface area contributed by atoms with Crippen LogP contribution in [0.5, 0.6) is 5.75 Å². The van der Waals surface area contributed by atoms with E-state index in [4.69, 9.17) is 4.74 Å². The number of morpholine rings is 1. The number of aryl methyl sites for hydroxylation is 1. The Morgan fingerprint density at radius 2 is 1.83 bits per heavy atom. The van der Waals surface area contributed by atoms with Crippen molar-refractivity contribution in [2.45, 2.75) is 12.8 Å². The summed E-state index contributed by atoms with van der Waals surface area (Å²) in [7, 11) is 1.69. The number of ketones is 1. The number of benzene rings is 1. The van der Waals surface area contributed by atoms with Gasteiger partial charge in [0.15, 0.2) is 17.1 Å². The van der Waals surface area contributed by atoms with Crippen molar-refractivity contribution in [2.24, 2.45) is 0 Å². The minimum Gasteiger partial charge on any atom is -0.501 e. The summed E-state index contributed by atoms with van der Waals surface area (Å²) in [5, 5.41) is 10.7. The van der Waals surface area contributed by atoms with Gasteiger partial charge in [0.2, 0.25) is 5.75 Å². The van der Waals surface area contributed by atoms with Crippen LogP contribution < -0.4 is 15.4 Å². The molecule has 5 rings (SSSR count). The largest absolute Gasteiger partial charge is 0.501 e. The van der Waals surface area contributed by atoms with Gasteiger partial charge < -0.3 is 19.6 Å². The van der Waals surface area contributed by atoms with Gasteiger partial charge in [-0.2, -0.15) is 0 Å². The van der Waals surface area contributed by atoms with E-state index in [1.807, 2.05) is 4.90 Å². The monoisotopic (exact) mass is 495 g/mol. The van der Waals surface area contributed by atoms with E-state index in [1.165, 1.54) is 21.4 Å². The first-order chi connectivity index (χ1) is 17.3. The van der Waals surface area contributed by atoms with Crippen molar-refractivity contribution < 1.29 is 23.8 Å². The predicted octanol–water partition coefficient (Wildman–Crippen LogP) is 2.06. The van der Waals surface area contributed by atoms with Crippen LogP contribution in [0.15, 0.2) is 41.3 Å². The number of ether oxygens (including phenoxy) is 1. The first-order valence-electron chi connectivity index (χ1n) is 11.8. The summed E-state index contributed by atoms with van der Waals surface area (Å²) in [4.78, 5) is 48.6. The SMILES string of the molecule is CN1CCN(c2cc(N3CCOCC3)cn3c(=O)c(O)c(C(=O)CCc4ccc(F)cc4)nc23)C1=O. The number of aromatic nitrogens is 2. The van der Waals surface area contributed by atoms with E-state index >= 15 is 0 Å². The number of fused-ring (bicyclic) bond motifs is 1. The fourth-order valence-corrected chi connectivity index (χ4v) is 4.48. The van der Waals surface area contributed by atoms with Crippen molar-refractivity contribution in [3.63, 3.8) is 0 Å². The van der Waals surface area contributed by atoms with Crippen LogP contribution in [0.4, 0.5) is 20.6 Å². The van der Waals surface area contributed by atoms with Gasteiger partial charge in [-0.3, -0.25) is 18.9 Å². The zero-order valence-corrected chi connectivity index (χ0v) is 19.8. The molecule has 0 saturated carbocycles. The standard InChI is InChI=1S/C25H26FN5O5/c1-28-8-9-30(25(28)35)19-14-18(29-10-12-36-13-11-29)15-31-23(19)27-21(22(33)24(31)34)20(32)7-4-16-2-5-17(26)6-3-16/h2-3,5-6,14-15,33H,4,7-13H2,1H3. The van der Waals surface area contributed by atoms with Crippen LogP contribution in [0.3, 0.4) is 0 Å². The number of aromatic hydroxyl groups is 1. The van der Waals surface area contributed by atoms with E-state index in [1.54, 1.807) is 36.3 Å². The first kappa shape index (κ1) is 23.7. The number of rotatable bonds is 6. The molecule has 4 heterocycles. The number of urea groups is 1. The van der Waals surface area contributed by atoms with Gasteiger partial charge in [0.1, 0.15) is 5.82 Å². The molecular weight excluding hydrogens is 469 g/mol. The second-order valence-electron chi connectivity index (χ2n) is 8.90. The molecule has 2 aromatic heterocycles. The van der Waals surface area contributed by atoms with Crippen LogP contribution in [0, 0.1) is 5.82 Å². The Bertz CT molecular complexity index is 1380. The lowest BCUT2D eigenvalue weighted by molar-refractivity contribution is 0.0975. The maximum Gasteiger partial charge on any atom is 0.324 e. The molecule has 2 saturated heterocycles. The molecule has 2 amide bonds. The van der Waals surface area contributed by atoms with Gasteiger partial charge in [-0.05, 0) is 30.2 Å². The molecule has 0 bridgehead atoms. The molecule has 2 aliphatic rings. The Morgan fingerprint density at radius 1 is 1.11 bits per heavy atom. The maximum atomic E-state index is 13.2. The number of nitrogens with zero attached hydrogens (tertiary/aromatic N) is 5. The summed E-state index contributed by atoms with van der Waals surface area (Å²) < 4.78 is 19.8. The van der Waals surface area contributed by atoms with E-state index in [2.05, 4.69) is 4.98 Å². The number of amides is 2. The molecule has 11 heteroatoms. The van der Waals surface area contributed by atoms with Crippen molar-refractivity contribution >= 4 is 28.8 Å². The summed E-state index contributed by atoms with van der Waals surface area (Å²) in [6, 6.07) is 7.30. The van der Waals surface area contributed by atoms with Crippen molar-refractivity contribution in [1.29, 1.82) is 0 Å². The number of likely N-dealkylation sites (N-methyl/N-ethyl adjacent to an activating group) is 1. The van der Waals surface area contributed by atoms with E-state index in [9.17, 15) is 23.9 Å². The van der Waals surface area contributed by atoms with Crippen molar-refractivity contribution in [2.75, 3.05) is 56.2 Å². The van der Waals surface area contributed by atoms with E-state index in [0.29, 0.717) is 50.8 Å². The van der Waals surface area contributed by atoms with Crippen LogP contribution in [0.25, 0.3) is 5.65 Å². The topological polar surface area (TPSA) is 108 Å². The quantitative estimate of drug-likeness (QED) is 0.522. The third-order valence-electron chi connectivity index (χ3n) is 6.57. The van der Waals surface area contributed by atoms with Gasteiger partial charge in [0.05, 0.1) is 24.6 Å². The smallest absolute Gasteiger partial charge is 0.324 e. The highest BCUT2D eigenvalue weighted by Crippen LogP contribution is 2.30. The molecule has 0 unspecified atom stereocenters. The molecule has 10 nitrogen and oxygen atoms in total. The second-order valence-corrected chi connectivity index (χ2v) is 8.90. The zero-order chi connectivity index (χ0) is 25.4. The van der Waals surface area contributed by atoms with Crippen LogP contribution in [-0.2, 0) is 11.2 Å². The van der Waals surface area contributed by atoms with Crippen molar-refractivity contribution in [3.05, 3.63) is 64.0 Å². The summed E-state index contributed by atoms with van der Waals surface area (Å²) in [5.74, 6) is -1.64. The third-order valence-corrected chi connectivity index (χ3v) is 6.57. The van der Waals surface area contributed by atoms with E-state index < -0.39 is 17.1 Å².